The molecule has 0 saturated carbocycles. The van der Waals surface area contributed by atoms with Crippen LogP contribution in [0.2, 0.25) is 0 Å². The van der Waals surface area contributed by atoms with Gasteiger partial charge in [0.05, 0.1) is 13.2 Å². The highest BCUT2D eigenvalue weighted by molar-refractivity contribution is 5.94. The number of rotatable bonds is 3. The third-order valence-electron chi connectivity index (χ3n) is 3.12. The fourth-order valence-corrected chi connectivity index (χ4v) is 2.14. The summed E-state index contributed by atoms with van der Waals surface area (Å²) in [6.45, 7) is 7.02. The molecule has 0 radical (unpaired) electrons. The van der Waals surface area contributed by atoms with Crippen LogP contribution in [0, 0.1) is 0 Å². The zero-order valence-corrected chi connectivity index (χ0v) is 11.0. The lowest BCUT2D eigenvalue weighted by molar-refractivity contribution is -0.112. The van der Waals surface area contributed by atoms with Crippen molar-refractivity contribution >= 4 is 17.0 Å². The molecule has 1 saturated heterocycles. The van der Waals surface area contributed by atoms with Crippen LogP contribution < -0.4 is 4.90 Å². The Hall–Kier alpha value is -1.61. The minimum atomic E-state index is 0.0877. The molecule has 0 amide bonds. The van der Waals surface area contributed by atoms with Crippen LogP contribution >= 0.6 is 0 Å². The molecule has 96 valence electrons. The van der Waals surface area contributed by atoms with Crippen LogP contribution in [0.3, 0.4) is 0 Å². The van der Waals surface area contributed by atoms with Crippen LogP contribution in [0.25, 0.3) is 5.57 Å². The van der Waals surface area contributed by atoms with Gasteiger partial charge in [0, 0.05) is 18.8 Å². The molecule has 2 rings (SSSR count). The molecule has 1 aliphatic rings. The molecule has 1 heterocycles. The van der Waals surface area contributed by atoms with E-state index in [1.165, 1.54) is 5.69 Å². The molecule has 1 aromatic rings. The molecule has 1 aliphatic heterocycles. The van der Waals surface area contributed by atoms with Crippen molar-refractivity contribution in [3.05, 3.63) is 35.9 Å². The lowest BCUT2D eigenvalue weighted by atomic mass is 10.1. The summed E-state index contributed by atoms with van der Waals surface area (Å²) in [6.07, 6.45) is 1.67. The van der Waals surface area contributed by atoms with Crippen molar-refractivity contribution in [1.82, 2.24) is 0 Å². The number of ether oxygens (including phenoxy) is 1. The SMILES string of the molecule is CC(=O)C=C(C)c1ccc(N2CCOCC2)cc1. The Labute approximate surface area is 108 Å². The quantitative estimate of drug-likeness (QED) is 0.766. The Morgan fingerprint density at radius 3 is 2.33 bits per heavy atom. The summed E-state index contributed by atoms with van der Waals surface area (Å²) in [7, 11) is 0. The van der Waals surface area contributed by atoms with Gasteiger partial charge < -0.3 is 9.64 Å². The topological polar surface area (TPSA) is 29.5 Å². The van der Waals surface area contributed by atoms with E-state index >= 15 is 0 Å². The number of hydrogen-bond donors (Lipinski definition) is 0. The number of benzene rings is 1. The second kappa shape index (κ2) is 5.83. The number of carbonyl (C=O) groups is 1. The second-order valence-electron chi connectivity index (χ2n) is 4.58. The molecule has 18 heavy (non-hydrogen) atoms. The summed E-state index contributed by atoms with van der Waals surface area (Å²) in [5.41, 5.74) is 3.33. The van der Waals surface area contributed by atoms with E-state index in [4.69, 9.17) is 4.74 Å². The molecule has 0 bridgehead atoms. The van der Waals surface area contributed by atoms with Crippen LogP contribution in [0.1, 0.15) is 19.4 Å². The standard InChI is InChI=1S/C15H19NO2/c1-12(11-13(2)17)14-3-5-15(6-4-14)16-7-9-18-10-8-16/h3-6,11H,7-10H2,1-2H3. The predicted octanol–water partition coefficient (Wildman–Crippen LogP) is 2.52. The molecule has 0 spiro atoms. The van der Waals surface area contributed by atoms with E-state index in [1.54, 1.807) is 13.0 Å². The Balaban J connectivity index is 2.12. The maximum atomic E-state index is 11.0. The van der Waals surface area contributed by atoms with E-state index in [2.05, 4.69) is 29.2 Å². The molecule has 3 heteroatoms. The molecular formula is C15H19NO2. The van der Waals surface area contributed by atoms with Gasteiger partial charge in [-0.15, -0.1) is 0 Å². The average molecular weight is 245 g/mol. The van der Waals surface area contributed by atoms with E-state index < -0.39 is 0 Å². The Morgan fingerprint density at radius 1 is 1.17 bits per heavy atom. The van der Waals surface area contributed by atoms with Crippen molar-refractivity contribution in [3.8, 4) is 0 Å². The first-order chi connectivity index (χ1) is 8.66. The summed E-state index contributed by atoms with van der Waals surface area (Å²) in [5.74, 6) is 0.0877. The number of anilines is 1. The molecule has 1 aromatic carbocycles. The number of ketones is 1. The molecule has 0 N–H and O–H groups in total. The van der Waals surface area contributed by atoms with Crippen molar-refractivity contribution in [2.24, 2.45) is 0 Å². The minimum Gasteiger partial charge on any atom is -0.378 e. The molecule has 3 nitrogen and oxygen atoms in total. The molecule has 0 aromatic heterocycles. The first-order valence-electron chi connectivity index (χ1n) is 6.29. The van der Waals surface area contributed by atoms with Crippen molar-refractivity contribution in [3.63, 3.8) is 0 Å². The molecular weight excluding hydrogens is 226 g/mol. The van der Waals surface area contributed by atoms with Gasteiger partial charge in [-0.2, -0.15) is 0 Å². The van der Waals surface area contributed by atoms with Crippen LogP contribution in [0.5, 0.6) is 0 Å². The maximum absolute atomic E-state index is 11.0. The van der Waals surface area contributed by atoms with Crippen LogP contribution in [-0.2, 0) is 9.53 Å². The van der Waals surface area contributed by atoms with E-state index in [1.807, 2.05) is 6.92 Å². The van der Waals surface area contributed by atoms with Crippen LogP contribution in [-0.4, -0.2) is 32.1 Å². The smallest absolute Gasteiger partial charge is 0.152 e. The zero-order chi connectivity index (χ0) is 13.0. The average Bonchev–Trinajstić information content (AvgIpc) is 2.39. The van der Waals surface area contributed by atoms with Gasteiger partial charge >= 0.3 is 0 Å². The second-order valence-corrected chi connectivity index (χ2v) is 4.58. The summed E-state index contributed by atoms with van der Waals surface area (Å²) in [4.78, 5) is 13.4. The number of morpholine rings is 1. The third kappa shape index (κ3) is 3.20. The monoisotopic (exact) mass is 245 g/mol. The van der Waals surface area contributed by atoms with Gasteiger partial charge in [-0.1, -0.05) is 12.1 Å². The summed E-state index contributed by atoms with van der Waals surface area (Å²) in [6, 6.07) is 8.36. The van der Waals surface area contributed by atoms with E-state index in [0.717, 1.165) is 37.4 Å². The fourth-order valence-electron chi connectivity index (χ4n) is 2.14. The number of nitrogens with zero attached hydrogens (tertiary/aromatic N) is 1. The lowest BCUT2D eigenvalue weighted by Crippen LogP contribution is -2.36. The number of carbonyl (C=O) groups excluding carboxylic acids is 1. The van der Waals surface area contributed by atoms with Gasteiger partial charge in [-0.3, -0.25) is 4.79 Å². The Kier molecular flexibility index (Phi) is 4.15. The zero-order valence-electron chi connectivity index (χ0n) is 11.0. The molecule has 0 atom stereocenters. The summed E-state index contributed by atoms with van der Waals surface area (Å²) < 4.78 is 5.34. The van der Waals surface area contributed by atoms with Gasteiger partial charge in [0.1, 0.15) is 0 Å². The van der Waals surface area contributed by atoms with Crippen molar-refractivity contribution in [2.75, 3.05) is 31.2 Å². The van der Waals surface area contributed by atoms with Crippen molar-refractivity contribution in [2.45, 2.75) is 13.8 Å². The van der Waals surface area contributed by atoms with E-state index in [-0.39, 0.29) is 5.78 Å². The van der Waals surface area contributed by atoms with Crippen LogP contribution in [0.4, 0.5) is 5.69 Å². The molecule has 0 unspecified atom stereocenters. The summed E-state index contributed by atoms with van der Waals surface area (Å²) in [5, 5.41) is 0. The predicted molar refractivity (Wildman–Crippen MR) is 73.8 cm³/mol. The lowest BCUT2D eigenvalue weighted by Gasteiger charge is -2.28. The third-order valence-corrected chi connectivity index (χ3v) is 3.12. The maximum Gasteiger partial charge on any atom is 0.152 e. The van der Waals surface area contributed by atoms with Crippen molar-refractivity contribution in [1.29, 1.82) is 0 Å². The van der Waals surface area contributed by atoms with Crippen molar-refractivity contribution < 1.29 is 9.53 Å². The van der Waals surface area contributed by atoms with Gasteiger partial charge in [-0.05, 0) is 43.2 Å². The fraction of sp³-hybridized carbons (Fsp3) is 0.400. The van der Waals surface area contributed by atoms with Crippen LogP contribution in [0.15, 0.2) is 30.3 Å². The van der Waals surface area contributed by atoms with Gasteiger partial charge in [0.25, 0.3) is 0 Å². The molecule has 0 aliphatic carbocycles. The highest BCUT2D eigenvalue weighted by atomic mass is 16.5. The molecule has 1 fully saturated rings. The van der Waals surface area contributed by atoms with Gasteiger partial charge in [0.15, 0.2) is 5.78 Å². The number of hydrogen-bond acceptors (Lipinski definition) is 3. The largest absolute Gasteiger partial charge is 0.378 e. The van der Waals surface area contributed by atoms with Gasteiger partial charge in [-0.25, -0.2) is 0 Å². The Morgan fingerprint density at radius 2 is 1.78 bits per heavy atom. The number of allylic oxidation sites excluding steroid dienone is 2. The van der Waals surface area contributed by atoms with E-state index in [9.17, 15) is 4.79 Å². The normalized spacial score (nSPS) is 16.8. The minimum absolute atomic E-state index is 0.0877. The highest BCUT2D eigenvalue weighted by Crippen LogP contribution is 2.20. The first kappa shape index (κ1) is 12.8. The van der Waals surface area contributed by atoms with E-state index in [0.29, 0.717) is 0 Å². The Bertz CT molecular complexity index is 442. The first-order valence-corrected chi connectivity index (χ1v) is 6.29. The summed E-state index contributed by atoms with van der Waals surface area (Å²) >= 11 is 0. The highest BCUT2D eigenvalue weighted by Gasteiger charge is 2.10. The van der Waals surface area contributed by atoms with Gasteiger partial charge in [0.2, 0.25) is 0 Å².